The Morgan fingerprint density at radius 2 is 2.07 bits per heavy atom. The highest BCUT2D eigenvalue weighted by Crippen LogP contribution is 2.50. The third kappa shape index (κ3) is 3.72. The molecule has 0 radical (unpaired) electrons. The molecule has 4 rings (SSSR count). The van der Waals surface area contributed by atoms with Crippen LogP contribution in [0, 0.1) is 0 Å². The van der Waals surface area contributed by atoms with Crippen molar-refractivity contribution in [1.29, 1.82) is 0 Å². The summed E-state index contributed by atoms with van der Waals surface area (Å²) >= 11 is 1.51. The van der Waals surface area contributed by atoms with Crippen LogP contribution in [-0.4, -0.2) is 24.5 Å². The number of ether oxygens (including phenoxy) is 3. The van der Waals surface area contributed by atoms with Crippen molar-refractivity contribution in [2.75, 3.05) is 18.7 Å². The number of hydrogen-bond donors (Lipinski definition) is 1. The average Bonchev–Trinajstić information content (AvgIpc) is 2.71. The van der Waals surface area contributed by atoms with Crippen molar-refractivity contribution >= 4 is 23.0 Å². The molecule has 2 aliphatic heterocycles. The first kappa shape index (κ1) is 20.9. The maximum atomic E-state index is 6.46. The third-order valence-electron chi connectivity index (χ3n) is 5.50. The average molecular weight is 424 g/mol. The summed E-state index contributed by atoms with van der Waals surface area (Å²) in [7, 11) is 1.65. The number of methoxy groups -OCH3 is 1. The number of fused-ring (bicyclic) bond motifs is 5. The van der Waals surface area contributed by atoms with Crippen LogP contribution in [-0.2, 0) is 4.74 Å². The maximum absolute atomic E-state index is 6.46. The van der Waals surface area contributed by atoms with Gasteiger partial charge in [-0.2, -0.15) is 0 Å². The number of nitrogens with one attached hydrogen (secondary N) is 1. The van der Waals surface area contributed by atoms with Crippen molar-refractivity contribution in [3.8, 4) is 22.6 Å². The van der Waals surface area contributed by atoms with E-state index in [2.05, 4.69) is 50.9 Å². The van der Waals surface area contributed by atoms with E-state index in [1.54, 1.807) is 7.11 Å². The van der Waals surface area contributed by atoms with Gasteiger partial charge < -0.3 is 19.5 Å². The van der Waals surface area contributed by atoms with Crippen molar-refractivity contribution in [2.45, 2.75) is 44.5 Å². The minimum absolute atomic E-state index is 0.0731. The molecule has 2 aliphatic rings. The van der Waals surface area contributed by atoms with Crippen LogP contribution in [0.1, 0.15) is 44.4 Å². The molecule has 2 heterocycles. The highest BCUT2D eigenvalue weighted by molar-refractivity contribution is 7.98. The van der Waals surface area contributed by atoms with Gasteiger partial charge in [0, 0.05) is 35.9 Å². The van der Waals surface area contributed by atoms with Gasteiger partial charge in [0.05, 0.1) is 5.54 Å². The van der Waals surface area contributed by atoms with Crippen molar-refractivity contribution in [3.05, 3.63) is 60.2 Å². The third-order valence-corrected chi connectivity index (χ3v) is 6.18. The predicted molar refractivity (Wildman–Crippen MR) is 126 cm³/mol. The lowest BCUT2D eigenvalue weighted by molar-refractivity contribution is 0.0187. The van der Waals surface area contributed by atoms with E-state index >= 15 is 0 Å². The van der Waals surface area contributed by atoms with Crippen LogP contribution in [0.15, 0.2) is 49.1 Å². The lowest BCUT2D eigenvalue weighted by Crippen LogP contribution is -2.32. The number of allylic oxidation sites excluding steroid dienone is 1. The van der Waals surface area contributed by atoms with Gasteiger partial charge in [0.25, 0.3) is 0 Å². The second-order valence-corrected chi connectivity index (χ2v) is 9.15. The van der Waals surface area contributed by atoms with Crippen molar-refractivity contribution in [2.24, 2.45) is 0 Å². The summed E-state index contributed by atoms with van der Waals surface area (Å²) in [6.07, 6.45) is 6.85. The molecule has 0 saturated carbocycles. The Morgan fingerprint density at radius 1 is 1.27 bits per heavy atom. The molecule has 30 heavy (non-hydrogen) atoms. The standard InChI is InChI=1S/C25H29NO3S/c1-7-8-21-23-17(10-11-19-22(23)15(2)14-25(3,4)26-19)18-13-16(9-12-20(18)29-21)28-24(27-5)30-6/h7,9-14,21,24,26H,1,8H2,2-6H3. The molecular weight excluding hydrogens is 394 g/mol. The SMILES string of the molecule is C=CCC1Oc2ccc(OC(OC)SC)cc2-c2ccc3c(c21)C(C)=CC(C)(C)N3. The van der Waals surface area contributed by atoms with Gasteiger partial charge >= 0.3 is 0 Å². The predicted octanol–water partition coefficient (Wildman–Crippen LogP) is 6.64. The minimum Gasteiger partial charge on any atom is -0.485 e. The molecular formula is C25H29NO3S. The first-order valence-corrected chi connectivity index (χ1v) is 11.4. The first-order chi connectivity index (χ1) is 14.4. The number of anilines is 1. The van der Waals surface area contributed by atoms with Crippen LogP contribution in [0.4, 0.5) is 5.69 Å². The zero-order chi connectivity index (χ0) is 21.5. The van der Waals surface area contributed by atoms with Gasteiger partial charge in [0.15, 0.2) is 0 Å². The summed E-state index contributed by atoms with van der Waals surface area (Å²) in [5.74, 6) is 1.63. The quantitative estimate of drug-likeness (QED) is 0.416. The fourth-order valence-corrected chi connectivity index (χ4v) is 4.84. The normalized spacial score (nSPS) is 19.2. The minimum atomic E-state index is -0.347. The van der Waals surface area contributed by atoms with E-state index in [9.17, 15) is 0 Å². The summed E-state index contributed by atoms with van der Waals surface area (Å²) in [5.41, 5.74) is 6.65. The lowest BCUT2D eigenvalue weighted by atomic mass is 9.81. The van der Waals surface area contributed by atoms with E-state index in [1.807, 2.05) is 30.5 Å². The molecule has 0 fully saturated rings. The Labute approximate surface area is 183 Å². The molecule has 5 heteroatoms. The summed E-state index contributed by atoms with van der Waals surface area (Å²) in [6.45, 7) is 10.5. The highest BCUT2D eigenvalue weighted by atomic mass is 32.2. The molecule has 4 nitrogen and oxygen atoms in total. The highest BCUT2D eigenvalue weighted by Gasteiger charge is 2.33. The Balaban J connectivity index is 1.86. The molecule has 0 aromatic heterocycles. The van der Waals surface area contributed by atoms with E-state index in [0.29, 0.717) is 0 Å². The molecule has 0 spiro atoms. The Hall–Kier alpha value is -2.37. The summed E-state index contributed by atoms with van der Waals surface area (Å²) in [4.78, 5) is 0. The smallest absolute Gasteiger partial charge is 0.249 e. The number of hydrogen-bond acceptors (Lipinski definition) is 5. The van der Waals surface area contributed by atoms with E-state index < -0.39 is 0 Å². The van der Waals surface area contributed by atoms with Gasteiger partial charge in [-0.1, -0.05) is 30.0 Å². The molecule has 0 aliphatic carbocycles. The maximum Gasteiger partial charge on any atom is 0.249 e. The Kier molecular flexibility index (Phi) is 5.60. The summed E-state index contributed by atoms with van der Waals surface area (Å²) in [5, 5.41) is 3.65. The molecule has 1 N–H and O–H groups in total. The topological polar surface area (TPSA) is 39.7 Å². The molecule has 158 valence electrons. The van der Waals surface area contributed by atoms with E-state index in [1.165, 1.54) is 34.0 Å². The summed E-state index contributed by atoms with van der Waals surface area (Å²) in [6, 6.07) is 10.3. The van der Waals surface area contributed by atoms with Gasteiger partial charge in [-0.3, -0.25) is 0 Å². The second kappa shape index (κ2) is 8.05. The number of rotatable bonds is 6. The zero-order valence-electron chi connectivity index (χ0n) is 18.2. The Bertz CT molecular complexity index is 1010. The lowest BCUT2D eigenvalue weighted by Gasteiger charge is -2.37. The molecule has 0 saturated heterocycles. The molecule has 2 aromatic carbocycles. The number of thioether (sulfide) groups is 1. The van der Waals surface area contributed by atoms with Crippen LogP contribution < -0.4 is 14.8 Å². The van der Waals surface area contributed by atoms with Crippen LogP contribution in [0.25, 0.3) is 16.7 Å². The largest absolute Gasteiger partial charge is 0.485 e. The van der Waals surface area contributed by atoms with Gasteiger partial charge in [-0.05, 0) is 62.4 Å². The van der Waals surface area contributed by atoms with Crippen molar-refractivity contribution < 1.29 is 14.2 Å². The van der Waals surface area contributed by atoms with Gasteiger partial charge in [0.2, 0.25) is 5.62 Å². The number of benzene rings is 2. The van der Waals surface area contributed by atoms with Crippen molar-refractivity contribution in [3.63, 3.8) is 0 Å². The molecule has 2 unspecified atom stereocenters. The second-order valence-electron chi connectivity index (χ2n) is 8.29. The van der Waals surface area contributed by atoms with E-state index in [-0.39, 0.29) is 17.3 Å². The van der Waals surface area contributed by atoms with E-state index in [4.69, 9.17) is 14.2 Å². The fraction of sp³-hybridized carbons (Fsp3) is 0.360. The van der Waals surface area contributed by atoms with Gasteiger partial charge in [-0.15, -0.1) is 6.58 Å². The summed E-state index contributed by atoms with van der Waals surface area (Å²) < 4.78 is 17.8. The monoisotopic (exact) mass is 423 g/mol. The molecule has 2 aromatic rings. The first-order valence-electron chi connectivity index (χ1n) is 10.2. The van der Waals surface area contributed by atoms with Gasteiger partial charge in [0.1, 0.15) is 17.6 Å². The van der Waals surface area contributed by atoms with Crippen LogP contribution in [0.3, 0.4) is 0 Å². The van der Waals surface area contributed by atoms with E-state index in [0.717, 1.165) is 29.2 Å². The fourth-order valence-electron chi connectivity index (χ4n) is 4.44. The van der Waals surface area contributed by atoms with Crippen molar-refractivity contribution in [1.82, 2.24) is 0 Å². The molecule has 0 amide bonds. The Morgan fingerprint density at radius 3 is 2.77 bits per heavy atom. The zero-order valence-corrected chi connectivity index (χ0v) is 19.1. The van der Waals surface area contributed by atoms with Gasteiger partial charge in [-0.25, -0.2) is 0 Å². The van der Waals surface area contributed by atoms with Crippen LogP contribution in [0.2, 0.25) is 0 Å². The molecule has 0 bridgehead atoms. The van der Waals surface area contributed by atoms with Crippen LogP contribution >= 0.6 is 11.8 Å². The van der Waals surface area contributed by atoms with Crippen LogP contribution in [0.5, 0.6) is 11.5 Å². The molecule has 2 atom stereocenters.